The van der Waals surface area contributed by atoms with Crippen molar-refractivity contribution in [3.05, 3.63) is 101 Å². The predicted octanol–water partition coefficient (Wildman–Crippen LogP) is 7.72. The Balaban J connectivity index is 1.62. The highest BCUT2D eigenvalue weighted by atomic mass is 32.2. The van der Waals surface area contributed by atoms with Crippen LogP contribution < -0.4 is 9.62 Å². The lowest BCUT2D eigenvalue weighted by Crippen LogP contribution is -2.40. The van der Waals surface area contributed by atoms with Crippen LogP contribution in [0.25, 0.3) is 0 Å². The smallest absolute Gasteiger partial charge is 0.416 e. The van der Waals surface area contributed by atoms with Gasteiger partial charge in [-0.3, -0.25) is 9.59 Å². The van der Waals surface area contributed by atoms with E-state index in [1.807, 2.05) is 6.92 Å². The molecule has 3 atom stereocenters. The minimum Gasteiger partial charge on any atom is -0.481 e. The number of sulfonamides is 1. The number of hydrogen-bond acceptors (Lipinski definition) is 4. The Morgan fingerprint density at radius 3 is 2.09 bits per heavy atom. The van der Waals surface area contributed by atoms with E-state index in [0.717, 1.165) is 15.9 Å². The van der Waals surface area contributed by atoms with Crippen LogP contribution in [0.1, 0.15) is 59.9 Å². The summed E-state index contributed by atoms with van der Waals surface area (Å²) in [6.07, 6.45) is -3.72. The Morgan fingerprint density at radius 2 is 1.58 bits per heavy atom. The quantitative estimate of drug-likeness (QED) is 0.244. The van der Waals surface area contributed by atoms with Crippen LogP contribution in [-0.2, 0) is 25.8 Å². The molecular weight excluding hydrogens is 612 g/mol. The number of carbonyl (C=O) groups is 2. The summed E-state index contributed by atoms with van der Waals surface area (Å²) in [5.74, 6) is -6.32. The van der Waals surface area contributed by atoms with Crippen molar-refractivity contribution in [3.8, 4) is 0 Å². The van der Waals surface area contributed by atoms with E-state index in [1.54, 1.807) is 57.2 Å². The van der Waals surface area contributed by atoms with Crippen LogP contribution in [0.15, 0.2) is 71.8 Å². The number of halogens is 4. The first kappa shape index (κ1) is 33.7. The topological polar surface area (TPSA) is 104 Å². The van der Waals surface area contributed by atoms with E-state index in [0.29, 0.717) is 41.3 Å². The largest absolute Gasteiger partial charge is 0.481 e. The number of nitrogens with zero attached hydrogens (tertiary/aromatic N) is 1. The Bertz CT molecular complexity index is 1730. The lowest BCUT2D eigenvalue weighted by atomic mass is 9.69. The molecule has 0 radical (unpaired) electrons. The fourth-order valence-corrected chi connectivity index (χ4v) is 8.24. The molecule has 2 N–H and O–H groups in total. The average molecular weight is 647 g/mol. The van der Waals surface area contributed by atoms with Crippen LogP contribution in [-0.4, -0.2) is 25.4 Å². The van der Waals surface area contributed by atoms with Crippen LogP contribution >= 0.6 is 0 Å². The Kier molecular flexibility index (Phi) is 9.48. The Morgan fingerprint density at radius 1 is 0.978 bits per heavy atom. The van der Waals surface area contributed by atoms with Crippen LogP contribution in [0.2, 0.25) is 0 Å². The van der Waals surface area contributed by atoms with Crippen molar-refractivity contribution in [2.75, 3.05) is 9.62 Å². The Hall–Kier alpha value is -4.19. The van der Waals surface area contributed by atoms with Gasteiger partial charge in [-0.2, -0.15) is 13.2 Å². The number of amides is 1. The first-order chi connectivity index (χ1) is 20.9. The van der Waals surface area contributed by atoms with E-state index >= 15 is 0 Å². The Labute approximate surface area is 259 Å². The van der Waals surface area contributed by atoms with Crippen molar-refractivity contribution in [2.45, 2.75) is 63.9 Å². The standard InChI is InChI=1S/C33H34F4N2O5S/c1-18(2)39(45(43,44)30-20(4)15-19(3)16-21(30)5)24-12-9-22(10-13-24)25-7-6-8-26(29(25)32(41)42)31(40)38-28-14-11-23(17-27(28)34)33(35,36)37/h9-17,25-26,29H,1,6-8H2,2-5H3,(H,38,40)(H,41,42)/t25-,26-,29-/m1/s1. The molecule has 0 saturated heterocycles. The summed E-state index contributed by atoms with van der Waals surface area (Å²) in [4.78, 5) is 25.8. The van der Waals surface area contributed by atoms with Crippen molar-refractivity contribution < 1.29 is 40.7 Å². The molecule has 3 aromatic carbocycles. The van der Waals surface area contributed by atoms with Gasteiger partial charge in [-0.1, -0.05) is 42.8 Å². The summed E-state index contributed by atoms with van der Waals surface area (Å²) >= 11 is 0. The molecule has 4 rings (SSSR count). The molecule has 12 heteroatoms. The number of aliphatic carboxylic acids is 1. The molecule has 45 heavy (non-hydrogen) atoms. The van der Waals surface area contributed by atoms with Crippen LogP contribution in [0.5, 0.6) is 0 Å². The molecule has 7 nitrogen and oxygen atoms in total. The number of carboxylic acids is 1. The van der Waals surface area contributed by atoms with Crippen LogP contribution in [0, 0.1) is 38.4 Å². The molecule has 1 fully saturated rings. The van der Waals surface area contributed by atoms with Crippen molar-refractivity contribution in [2.24, 2.45) is 11.8 Å². The zero-order valence-electron chi connectivity index (χ0n) is 25.2. The molecular formula is C33H34F4N2O5S. The molecule has 1 amide bonds. The fourth-order valence-electron chi connectivity index (χ4n) is 6.31. The highest BCUT2D eigenvalue weighted by Gasteiger charge is 2.43. The lowest BCUT2D eigenvalue weighted by Gasteiger charge is -2.35. The second-order valence-electron chi connectivity index (χ2n) is 11.5. The number of rotatable bonds is 8. The summed E-state index contributed by atoms with van der Waals surface area (Å²) < 4.78 is 82.1. The van der Waals surface area contributed by atoms with Crippen molar-refractivity contribution >= 4 is 33.3 Å². The van der Waals surface area contributed by atoms with E-state index in [-0.39, 0.29) is 23.1 Å². The maximum absolute atomic E-state index is 14.4. The summed E-state index contributed by atoms with van der Waals surface area (Å²) in [7, 11) is -4.06. The van der Waals surface area contributed by atoms with Gasteiger partial charge in [-0.15, -0.1) is 0 Å². The summed E-state index contributed by atoms with van der Waals surface area (Å²) in [5.41, 5.74) is 1.49. The highest BCUT2D eigenvalue weighted by Crippen LogP contribution is 2.43. The number of anilines is 2. The van der Waals surface area contributed by atoms with E-state index in [9.17, 15) is 40.7 Å². The number of carbonyl (C=O) groups excluding carboxylic acids is 1. The van der Waals surface area contributed by atoms with E-state index in [1.165, 1.54) is 0 Å². The monoisotopic (exact) mass is 646 g/mol. The van der Waals surface area contributed by atoms with E-state index in [2.05, 4.69) is 11.9 Å². The number of allylic oxidation sites excluding steroid dienone is 1. The van der Waals surface area contributed by atoms with Crippen molar-refractivity contribution in [1.29, 1.82) is 0 Å². The summed E-state index contributed by atoms with van der Waals surface area (Å²) in [6.45, 7) is 10.8. The van der Waals surface area contributed by atoms with E-state index in [4.69, 9.17) is 0 Å². The molecule has 0 spiro atoms. The highest BCUT2D eigenvalue weighted by molar-refractivity contribution is 7.93. The minimum atomic E-state index is -4.77. The molecule has 0 aromatic heterocycles. The molecule has 0 aliphatic heterocycles. The zero-order valence-corrected chi connectivity index (χ0v) is 26.0. The van der Waals surface area contributed by atoms with Gasteiger partial charge in [0.15, 0.2) is 0 Å². The number of hydrogen-bond donors (Lipinski definition) is 2. The second kappa shape index (κ2) is 12.7. The normalized spacial score (nSPS) is 18.7. The first-order valence-corrected chi connectivity index (χ1v) is 15.7. The van der Waals surface area contributed by atoms with Crippen LogP contribution in [0.4, 0.5) is 28.9 Å². The summed E-state index contributed by atoms with van der Waals surface area (Å²) in [5, 5.41) is 12.4. The number of aryl methyl sites for hydroxylation is 3. The minimum absolute atomic E-state index is 0.164. The van der Waals surface area contributed by atoms with E-state index < -0.39 is 62.9 Å². The molecule has 3 aromatic rings. The number of carboxylic acid groups (broad SMARTS) is 1. The van der Waals surface area contributed by atoms with Gasteiger partial charge in [0, 0.05) is 5.70 Å². The van der Waals surface area contributed by atoms with Gasteiger partial charge in [0.05, 0.1) is 33.7 Å². The molecule has 1 aliphatic rings. The number of benzene rings is 3. The van der Waals surface area contributed by atoms with Gasteiger partial charge >= 0.3 is 12.1 Å². The maximum Gasteiger partial charge on any atom is 0.416 e. The third-order valence-electron chi connectivity index (χ3n) is 8.08. The SMILES string of the molecule is C=C(C)N(c1ccc([C@H]2CCC[C@@H](C(=O)Nc3ccc(C(F)(F)F)cc3F)[C@@H]2C(=O)O)cc1)S(=O)(=O)c1c(C)cc(C)cc1C. The first-order valence-electron chi connectivity index (χ1n) is 14.2. The fraction of sp³-hybridized carbons (Fsp3) is 0.333. The van der Waals surface area contributed by atoms with Gasteiger partial charge in [0.2, 0.25) is 5.91 Å². The van der Waals surface area contributed by atoms with Gasteiger partial charge in [-0.25, -0.2) is 17.1 Å². The number of alkyl halides is 3. The molecule has 0 heterocycles. The van der Waals surface area contributed by atoms with Gasteiger partial charge in [-0.05, 0) is 93.5 Å². The lowest BCUT2D eigenvalue weighted by molar-refractivity contribution is -0.148. The zero-order chi connectivity index (χ0) is 33.4. The molecule has 240 valence electrons. The maximum atomic E-state index is 14.4. The third-order valence-corrected chi connectivity index (χ3v) is 10.2. The average Bonchev–Trinajstić information content (AvgIpc) is 2.92. The van der Waals surface area contributed by atoms with Gasteiger partial charge in [0.25, 0.3) is 10.0 Å². The van der Waals surface area contributed by atoms with Crippen molar-refractivity contribution in [3.63, 3.8) is 0 Å². The second-order valence-corrected chi connectivity index (χ2v) is 13.2. The molecule has 0 unspecified atom stereocenters. The van der Waals surface area contributed by atoms with Crippen molar-refractivity contribution in [1.82, 2.24) is 0 Å². The van der Waals surface area contributed by atoms with Crippen LogP contribution in [0.3, 0.4) is 0 Å². The van der Waals surface area contributed by atoms with Gasteiger partial charge < -0.3 is 10.4 Å². The van der Waals surface area contributed by atoms with Gasteiger partial charge in [0.1, 0.15) is 5.82 Å². The number of nitrogens with one attached hydrogen (secondary N) is 1. The third kappa shape index (κ3) is 6.90. The predicted molar refractivity (Wildman–Crippen MR) is 163 cm³/mol. The summed E-state index contributed by atoms with van der Waals surface area (Å²) in [6, 6.07) is 11.6. The molecule has 1 saturated carbocycles. The molecule has 0 bridgehead atoms. The molecule has 1 aliphatic carbocycles.